The number of carboxylic acids is 2. The van der Waals surface area contributed by atoms with Crippen LogP contribution in [0, 0.1) is 23.7 Å². The average Bonchev–Trinajstić information content (AvgIpc) is 2.92. The smallest absolute Gasteiger partial charge is 0.336 e. The molecule has 0 atom stereocenters. The van der Waals surface area contributed by atoms with Crippen molar-refractivity contribution >= 4 is 11.9 Å². The minimum atomic E-state index is -1.01. The molecule has 0 amide bonds. The van der Waals surface area contributed by atoms with Crippen molar-refractivity contribution in [1.82, 2.24) is 0 Å². The first-order valence-corrected chi connectivity index (χ1v) is 11.9. The van der Waals surface area contributed by atoms with Crippen LogP contribution in [0.15, 0.2) is 97.1 Å². The van der Waals surface area contributed by atoms with Gasteiger partial charge in [0.25, 0.3) is 0 Å². The lowest BCUT2D eigenvalue weighted by Crippen LogP contribution is -2.05. The maximum absolute atomic E-state index is 11.6. The summed E-state index contributed by atoms with van der Waals surface area (Å²) in [4.78, 5) is 23.2. The first kappa shape index (κ1) is 25.0. The normalized spacial score (nSPS) is 10.1. The van der Waals surface area contributed by atoms with E-state index in [0.29, 0.717) is 11.1 Å². The van der Waals surface area contributed by atoms with Gasteiger partial charge in [0.2, 0.25) is 0 Å². The number of carboxylic acid groups (broad SMARTS) is 2. The Kier molecular flexibility index (Phi) is 7.84. The summed E-state index contributed by atoms with van der Waals surface area (Å²) in [6, 6.07) is 29.1. The third kappa shape index (κ3) is 5.78. The molecule has 0 bridgehead atoms. The van der Waals surface area contributed by atoms with Crippen LogP contribution in [0.2, 0.25) is 0 Å². The van der Waals surface area contributed by atoms with Gasteiger partial charge in [-0.2, -0.15) is 0 Å². The molecule has 2 N–H and O–H groups in total. The van der Waals surface area contributed by atoms with Crippen LogP contribution in [-0.4, -0.2) is 22.2 Å². The number of hydrogen-bond donors (Lipinski definition) is 2. The van der Waals surface area contributed by atoms with E-state index < -0.39 is 11.9 Å². The van der Waals surface area contributed by atoms with Crippen molar-refractivity contribution in [3.63, 3.8) is 0 Å². The quantitative estimate of drug-likeness (QED) is 0.320. The van der Waals surface area contributed by atoms with Crippen molar-refractivity contribution in [2.24, 2.45) is 0 Å². The van der Waals surface area contributed by atoms with Crippen LogP contribution in [0.4, 0.5) is 0 Å². The van der Waals surface area contributed by atoms with Gasteiger partial charge in [-0.05, 0) is 53.9 Å². The molecule has 180 valence electrons. The lowest BCUT2D eigenvalue weighted by Gasteiger charge is -2.19. The minimum Gasteiger partial charge on any atom is -0.478 e. The Balaban J connectivity index is 1.77. The maximum atomic E-state index is 11.6. The van der Waals surface area contributed by atoms with Gasteiger partial charge in [0.05, 0.1) is 11.1 Å². The van der Waals surface area contributed by atoms with Gasteiger partial charge >= 0.3 is 11.9 Å². The molecule has 0 aliphatic carbocycles. The highest BCUT2D eigenvalue weighted by Crippen LogP contribution is 2.32. The predicted molar refractivity (Wildman–Crippen MR) is 144 cm³/mol. The summed E-state index contributed by atoms with van der Waals surface area (Å²) in [5.41, 5.74) is 4.92. The summed E-state index contributed by atoms with van der Waals surface area (Å²) in [7, 11) is 0. The number of hydrogen-bond acceptors (Lipinski definition) is 2. The zero-order chi connectivity index (χ0) is 26.2. The third-order valence-corrected chi connectivity index (χ3v) is 6.06. The first-order valence-electron chi connectivity index (χ1n) is 11.9. The number of benzene rings is 4. The fourth-order valence-electron chi connectivity index (χ4n) is 4.26. The lowest BCUT2D eigenvalue weighted by molar-refractivity contribution is 0.0685. The fraction of sp³-hybridized carbons (Fsp3) is 0.0909. The maximum Gasteiger partial charge on any atom is 0.336 e. The molecule has 4 rings (SSSR count). The van der Waals surface area contributed by atoms with Gasteiger partial charge in [0.1, 0.15) is 0 Å². The number of carbonyl (C=O) groups is 2. The standard InChI is InChI=1S/C33H24O4/c1-2-27(28-15-7-3-11-23(28)19-21-25-13-5-9-17-30(25)32(34)35)29-16-8-4-12-24(29)20-22-26-14-6-10-18-31(26)33(36)37/h3-18,27H,2H2,1H3,(H,34,35)(H,36,37). The number of aromatic carboxylic acids is 2. The van der Waals surface area contributed by atoms with Gasteiger partial charge < -0.3 is 10.2 Å². The van der Waals surface area contributed by atoms with E-state index in [-0.39, 0.29) is 17.0 Å². The molecule has 0 spiro atoms. The second-order valence-corrected chi connectivity index (χ2v) is 8.34. The van der Waals surface area contributed by atoms with Crippen LogP contribution < -0.4 is 0 Å². The fourth-order valence-corrected chi connectivity index (χ4v) is 4.26. The SMILES string of the molecule is CCC(c1ccccc1C#Cc1ccccc1C(=O)O)c1ccccc1C#Cc1ccccc1C(=O)O. The molecule has 0 heterocycles. The zero-order valence-corrected chi connectivity index (χ0v) is 20.2. The van der Waals surface area contributed by atoms with Gasteiger partial charge in [-0.25, -0.2) is 9.59 Å². The lowest BCUT2D eigenvalue weighted by atomic mass is 9.84. The van der Waals surface area contributed by atoms with E-state index in [4.69, 9.17) is 0 Å². The van der Waals surface area contributed by atoms with Gasteiger partial charge in [-0.15, -0.1) is 0 Å². The van der Waals surface area contributed by atoms with Crippen LogP contribution in [0.5, 0.6) is 0 Å². The van der Waals surface area contributed by atoms with Crippen LogP contribution >= 0.6 is 0 Å². The van der Waals surface area contributed by atoms with E-state index in [1.807, 2.05) is 48.5 Å². The van der Waals surface area contributed by atoms with E-state index in [1.54, 1.807) is 48.5 Å². The Labute approximate surface area is 216 Å². The molecule has 0 fully saturated rings. The predicted octanol–water partition coefficient (Wildman–Crippen LogP) is 6.42. The monoisotopic (exact) mass is 484 g/mol. The zero-order valence-electron chi connectivity index (χ0n) is 20.2. The summed E-state index contributed by atoms with van der Waals surface area (Å²) >= 11 is 0. The molecule has 4 aromatic carbocycles. The molecule has 0 saturated heterocycles. The van der Waals surface area contributed by atoms with E-state index in [2.05, 4.69) is 30.6 Å². The molecule has 0 aliphatic heterocycles. The van der Waals surface area contributed by atoms with E-state index in [9.17, 15) is 19.8 Å². The molecule has 0 radical (unpaired) electrons. The van der Waals surface area contributed by atoms with Gasteiger partial charge in [0.15, 0.2) is 0 Å². The molecule has 0 aromatic heterocycles. The van der Waals surface area contributed by atoms with E-state index in [1.165, 1.54) is 0 Å². The van der Waals surface area contributed by atoms with Crippen molar-refractivity contribution in [2.45, 2.75) is 19.3 Å². The molecule has 37 heavy (non-hydrogen) atoms. The molecule has 0 unspecified atom stereocenters. The van der Waals surface area contributed by atoms with Crippen molar-refractivity contribution in [3.8, 4) is 23.7 Å². The molecular formula is C33H24O4. The largest absolute Gasteiger partial charge is 0.478 e. The summed E-state index contributed by atoms with van der Waals surface area (Å²) in [6.07, 6.45) is 0.787. The van der Waals surface area contributed by atoms with Crippen LogP contribution in [-0.2, 0) is 0 Å². The Morgan fingerprint density at radius 2 is 0.892 bits per heavy atom. The van der Waals surface area contributed by atoms with Crippen molar-refractivity contribution in [2.75, 3.05) is 0 Å². The van der Waals surface area contributed by atoms with Gasteiger partial charge in [0, 0.05) is 28.2 Å². The Bertz CT molecular complexity index is 1470. The minimum absolute atomic E-state index is 0.0135. The van der Waals surface area contributed by atoms with Crippen molar-refractivity contribution in [1.29, 1.82) is 0 Å². The summed E-state index contributed by atoms with van der Waals surface area (Å²) in [5, 5.41) is 19.0. The molecule has 0 saturated carbocycles. The first-order chi connectivity index (χ1) is 18.0. The molecular weight excluding hydrogens is 460 g/mol. The Morgan fingerprint density at radius 1 is 0.568 bits per heavy atom. The Hall–Kier alpha value is -5.06. The Morgan fingerprint density at radius 3 is 1.27 bits per heavy atom. The summed E-state index contributed by atoms with van der Waals surface area (Å²) in [5.74, 6) is 10.4. The van der Waals surface area contributed by atoms with Crippen LogP contribution in [0.1, 0.15) is 73.4 Å². The second kappa shape index (κ2) is 11.6. The van der Waals surface area contributed by atoms with E-state index in [0.717, 1.165) is 28.7 Å². The molecule has 4 nitrogen and oxygen atoms in total. The highest BCUT2D eigenvalue weighted by Gasteiger charge is 2.18. The molecule has 0 aliphatic rings. The van der Waals surface area contributed by atoms with Crippen LogP contribution in [0.3, 0.4) is 0 Å². The summed E-state index contributed by atoms with van der Waals surface area (Å²) < 4.78 is 0. The summed E-state index contributed by atoms with van der Waals surface area (Å²) in [6.45, 7) is 2.10. The average molecular weight is 485 g/mol. The van der Waals surface area contributed by atoms with Gasteiger partial charge in [-0.1, -0.05) is 91.3 Å². The highest BCUT2D eigenvalue weighted by molar-refractivity contribution is 5.91. The molecule has 4 heteroatoms. The van der Waals surface area contributed by atoms with Crippen molar-refractivity contribution < 1.29 is 19.8 Å². The second-order valence-electron chi connectivity index (χ2n) is 8.34. The molecule has 4 aromatic rings. The topological polar surface area (TPSA) is 74.6 Å². The third-order valence-electron chi connectivity index (χ3n) is 6.06. The van der Waals surface area contributed by atoms with Crippen LogP contribution in [0.25, 0.3) is 0 Å². The highest BCUT2D eigenvalue weighted by atomic mass is 16.4. The van der Waals surface area contributed by atoms with Crippen molar-refractivity contribution in [3.05, 3.63) is 142 Å². The van der Waals surface area contributed by atoms with Gasteiger partial charge in [-0.3, -0.25) is 0 Å². The number of rotatable bonds is 5. The van der Waals surface area contributed by atoms with E-state index >= 15 is 0 Å².